The molecule has 16 heavy (non-hydrogen) atoms. The fourth-order valence-electron chi connectivity index (χ4n) is 1.36. The van der Waals surface area contributed by atoms with Gasteiger partial charge in [0.15, 0.2) is 11.6 Å². The van der Waals surface area contributed by atoms with E-state index in [2.05, 4.69) is 0 Å². The number of benzene rings is 2. The van der Waals surface area contributed by atoms with Crippen molar-refractivity contribution < 1.29 is 14.2 Å². The van der Waals surface area contributed by atoms with E-state index in [0.29, 0.717) is 5.75 Å². The first-order chi connectivity index (χ1) is 7.65. The molecule has 0 bridgehead atoms. The second-order valence-electron chi connectivity index (χ2n) is 3.53. The molecule has 0 aromatic heterocycles. The third kappa shape index (κ3) is 2.31. The van der Waals surface area contributed by atoms with Gasteiger partial charge in [0.1, 0.15) is 11.5 Å². The number of aryl methyl sites for hydroxylation is 1. The largest absolute Gasteiger partial charge is 0.508 e. The zero-order valence-electron chi connectivity index (χ0n) is 8.77. The molecule has 0 unspecified atom stereocenters. The normalized spacial score (nSPS) is 10.1. The first-order valence-electron chi connectivity index (χ1n) is 4.88. The van der Waals surface area contributed by atoms with Crippen molar-refractivity contribution in [3.05, 3.63) is 53.8 Å². The molecular weight excluding hydrogens is 207 g/mol. The molecule has 0 aliphatic heterocycles. The number of phenolic OH excluding ortho intramolecular Hbond substituents is 1. The maximum Gasteiger partial charge on any atom is 0.165 e. The van der Waals surface area contributed by atoms with Crippen LogP contribution in [0.1, 0.15) is 5.56 Å². The van der Waals surface area contributed by atoms with E-state index in [0.717, 1.165) is 5.56 Å². The lowest BCUT2D eigenvalue weighted by atomic mass is 10.2. The molecule has 0 fully saturated rings. The van der Waals surface area contributed by atoms with Crippen molar-refractivity contribution in [1.29, 1.82) is 0 Å². The highest BCUT2D eigenvalue weighted by atomic mass is 19.1. The SMILES string of the molecule is Cc1ccc(Oc2cccc(O)c2)c(F)c1. The van der Waals surface area contributed by atoms with Gasteiger partial charge in [0.2, 0.25) is 0 Å². The highest BCUT2D eigenvalue weighted by Gasteiger charge is 2.04. The van der Waals surface area contributed by atoms with Crippen LogP contribution in [-0.4, -0.2) is 5.11 Å². The summed E-state index contributed by atoms with van der Waals surface area (Å²) >= 11 is 0. The van der Waals surface area contributed by atoms with Gasteiger partial charge in [-0.25, -0.2) is 4.39 Å². The smallest absolute Gasteiger partial charge is 0.165 e. The molecule has 0 atom stereocenters. The van der Waals surface area contributed by atoms with E-state index in [9.17, 15) is 9.50 Å². The predicted octanol–water partition coefficient (Wildman–Crippen LogP) is 3.63. The van der Waals surface area contributed by atoms with Crippen LogP contribution in [0.3, 0.4) is 0 Å². The number of aromatic hydroxyl groups is 1. The zero-order chi connectivity index (χ0) is 11.5. The zero-order valence-corrected chi connectivity index (χ0v) is 8.77. The minimum absolute atomic E-state index is 0.0880. The van der Waals surface area contributed by atoms with Gasteiger partial charge in [0, 0.05) is 6.07 Å². The van der Waals surface area contributed by atoms with E-state index < -0.39 is 5.82 Å². The highest BCUT2D eigenvalue weighted by Crippen LogP contribution is 2.27. The van der Waals surface area contributed by atoms with Crippen LogP contribution in [0.25, 0.3) is 0 Å². The Morgan fingerprint density at radius 1 is 1.12 bits per heavy atom. The van der Waals surface area contributed by atoms with Gasteiger partial charge in [-0.15, -0.1) is 0 Å². The van der Waals surface area contributed by atoms with Crippen molar-refractivity contribution >= 4 is 0 Å². The third-order valence-electron chi connectivity index (χ3n) is 2.13. The molecule has 0 aliphatic rings. The number of rotatable bonds is 2. The Bertz CT molecular complexity index is 509. The molecule has 2 nitrogen and oxygen atoms in total. The summed E-state index contributed by atoms with van der Waals surface area (Å²) in [6.07, 6.45) is 0. The first-order valence-corrected chi connectivity index (χ1v) is 4.88. The van der Waals surface area contributed by atoms with Crippen LogP contribution < -0.4 is 4.74 Å². The van der Waals surface area contributed by atoms with Gasteiger partial charge in [-0.2, -0.15) is 0 Å². The molecule has 2 aromatic carbocycles. The fourth-order valence-corrected chi connectivity index (χ4v) is 1.36. The summed E-state index contributed by atoms with van der Waals surface area (Å²) in [7, 11) is 0. The van der Waals surface area contributed by atoms with E-state index in [1.165, 1.54) is 18.2 Å². The second kappa shape index (κ2) is 4.23. The Hall–Kier alpha value is -2.03. The number of hydrogen-bond donors (Lipinski definition) is 1. The topological polar surface area (TPSA) is 29.5 Å². The number of ether oxygens (including phenoxy) is 1. The molecule has 82 valence electrons. The maximum atomic E-state index is 13.4. The Labute approximate surface area is 92.9 Å². The maximum absolute atomic E-state index is 13.4. The summed E-state index contributed by atoms with van der Waals surface area (Å²) in [5.74, 6) is 0.229. The van der Waals surface area contributed by atoms with Crippen molar-refractivity contribution in [1.82, 2.24) is 0 Å². The monoisotopic (exact) mass is 218 g/mol. The number of phenols is 1. The molecule has 0 aliphatic carbocycles. The molecule has 0 saturated heterocycles. The van der Waals surface area contributed by atoms with E-state index in [-0.39, 0.29) is 11.5 Å². The molecular formula is C13H11FO2. The minimum atomic E-state index is -0.414. The van der Waals surface area contributed by atoms with Gasteiger partial charge in [-0.05, 0) is 36.8 Å². The Morgan fingerprint density at radius 2 is 1.94 bits per heavy atom. The number of halogens is 1. The van der Waals surface area contributed by atoms with Gasteiger partial charge in [-0.1, -0.05) is 12.1 Å². The average Bonchev–Trinajstić information content (AvgIpc) is 2.22. The van der Waals surface area contributed by atoms with Crippen LogP contribution in [0.2, 0.25) is 0 Å². The van der Waals surface area contributed by atoms with Crippen LogP contribution in [-0.2, 0) is 0 Å². The van der Waals surface area contributed by atoms with Crippen LogP contribution in [0.4, 0.5) is 4.39 Å². The van der Waals surface area contributed by atoms with E-state index in [1.807, 2.05) is 0 Å². The third-order valence-corrected chi connectivity index (χ3v) is 2.13. The Balaban J connectivity index is 2.27. The molecule has 2 rings (SSSR count). The summed E-state index contributed by atoms with van der Waals surface area (Å²) in [5.41, 5.74) is 0.834. The second-order valence-corrected chi connectivity index (χ2v) is 3.53. The number of hydrogen-bond acceptors (Lipinski definition) is 2. The molecule has 2 aromatic rings. The van der Waals surface area contributed by atoms with Gasteiger partial charge >= 0.3 is 0 Å². The summed E-state index contributed by atoms with van der Waals surface area (Å²) < 4.78 is 18.8. The molecule has 3 heteroatoms. The van der Waals surface area contributed by atoms with Crippen molar-refractivity contribution in [2.45, 2.75) is 6.92 Å². The standard InChI is InChI=1S/C13H11FO2/c1-9-5-6-13(12(14)7-9)16-11-4-2-3-10(15)8-11/h2-8,15H,1H3. The molecule has 0 saturated carbocycles. The summed E-state index contributed by atoms with van der Waals surface area (Å²) in [6.45, 7) is 1.81. The van der Waals surface area contributed by atoms with Crippen LogP contribution in [0.5, 0.6) is 17.2 Å². The van der Waals surface area contributed by atoms with Gasteiger partial charge in [0.25, 0.3) is 0 Å². The van der Waals surface area contributed by atoms with Crippen LogP contribution in [0, 0.1) is 12.7 Å². The highest BCUT2D eigenvalue weighted by molar-refractivity contribution is 5.37. The van der Waals surface area contributed by atoms with Gasteiger partial charge in [0.05, 0.1) is 0 Å². The van der Waals surface area contributed by atoms with E-state index in [4.69, 9.17) is 4.74 Å². The first kappa shape index (κ1) is 10.5. The van der Waals surface area contributed by atoms with Gasteiger partial charge in [-0.3, -0.25) is 0 Å². The van der Waals surface area contributed by atoms with E-state index in [1.54, 1.807) is 31.2 Å². The van der Waals surface area contributed by atoms with Crippen LogP contribution >= 0.6 is 0 Å². The Kier molecular flexibility index (Phi) is 2.77. The van der Waals surface area contributed by atoms with Crippen molar-refractivity contribution in [3.8, 4) is 17.2 Å². The minimum Gasteiger partial charge on any atom is -0.508 e. The summed E-state index contributed by atoms with van der Waals surface area (Å²) in [5, 5.41) is 9.23. The molecule has 0 spiro atoms. The molecule has 0 radical (unpaired) electrons. The quantitative estimate of drug-likeness (QED) is 0.833. The molecule has 0 heterocycles. The van der Waals surface area contributed by atoms with Gasteiger partial charge < -0.3 is 9.84 Å². The van der Waals surface area contributed by atoms with E-state index >= 15 is 0 Å². The Morgan fingerprint density at radius 3 is 2.62 bits per heavy atom. The van der Waals surface area contributed by atoms with Crippen molar-refractivity contribution in [2.75, 3.05) is 0 Å². The lowest BCUT2D eigenvalue weighted by molar-refractivity contribution is 0.432. The molecule has 1 N–H and O–H groups in total. The van der Waals surface area contributed by atoms with Crippen LogP contribution in [0.15, 0.2) is 42.5 Å². The predicted molar refractivity (Wildman–Crippen MR) is 59.3 cm³/mol. The summed E-state index contributed by atoms with van der Waals surface area (Å²) in [6, 6.07) is 11.0. The van der Waals surface area contributed by atoms with Crippen molar-refractivity contribution in [2.24, 2.45) is 0 Å². The van der Waals surface area contributed by atoms with Crippen molar-refractivity contribution in [3.63, 3.8) is 0 Å². The average molecular weight is 218 g/mol. The fraction of sp³-hybridized carbons (Fsp3) is 0.0769. The summed E-state index contributed by atoms with van der Waals surface area (Å²) in [4.78, 5) is 0. The molecule has 0 amide bonds. The lowest BCUT2D eigenvalue weighted by Crippen LogP contribution is -1.88. The lowest BCUT2D eigenvalue weighted by Gasteiger charge is -2.07.